The first-order valence-corrected chi connectivity index (χ1v) is 6.17. The van der Waals surface area contributed by atoms with Gasteiger partial charge in [-0.1, -0.05) is 12.1 Å². The maximum absolute atomic E-state index is 11.6. The standard InChI is InChI=1S/C14H15N3O3/c1-3-20-14(19)13(18)16-12-6-4-5-10(7-12)11-8-15-17(2)9-11/h4-9H,3H2,1-2H3,(H,16,18). The molecule has 2 aromatic rings. The van der Waals surface area contributed by atoms with E-state index in [0.717, 1.165) is 11.1 Å². The van der Waals surface area contributed by atoms with Gasteiger partial charge in [-0.25, -0.2) is 4.79 Å². The number of aryl methyl sites for hydroxylation is 1. The maximum Gasteiger partial charge on any atom is 0.397 e. The summed E-state index contributed by atoms with van der Waals surface area (Å²) in [7, 11) is 1.83. The predicted octanol–water partition coefficient (Wildman–Crippen LogP) is 1.59. The van der Waals surface area contributed by atoms with Crippen molar-refractivity contribution in [3.8, 4) is 11.1 Å². The Labute approximate surface area is 116 Å². The van der Waals surface area contributed by atoms with Crippen LogP contribution in [0.5, 0.6) is 0 Å². The molecule has 0 fully saturated rings. The van der Waals surface area contributed by atoms with Gasteiger partial charge in [0.2, 0.25) is 0 Å². The minimum absolute atomic E-state index is 0.169. The van der Waals surface area contributed by atoms with Gasteiger partial charge >= 0.3 is 11.9 Å². The number of carbonyl (C=O) groups is 2. The summed E-state index contributed by atoms with van der Waals surface area (Å²) in [6, 6.07) is 7.17. The normalized spacial score (nSPS) is 10.1. The minimum atomic E-state index is -0.890. The first-order valence-electron chi connectivity index (χ1n) is 6.17. The lowest BCUT2D eigenvalue weighted by Gasteiger charge is -2.06. The fourth-order valence-electron chi connectivity index (χ4n) is 1.73. The van der Waals surface area contributed by atoms with Crippen molar-refractivity contribution < 1.29 is 14.3 Å². The van der Waals surface area contributed by atoms with Crippen molar-refractivity contribution in [2.45, 2.75) is 6.92 Å². The zero-order valence-corrected chi connectivity index (χ0v) is 11.3. The lowest BCUT2D eigenvalue weighted by Crippen LogP contribution is -2.24. The number of nitrogens with one attached hydrogen (secondary N) is 1. The Morgan fingerprint density at radius 2 is 2.15 bits per heavy atom. The topological polar surface area (TPSA) is 73.2 Å². The highest BCUT2D eigenvalue weighted by molar-refractivity contribution is 6.37. The molecular formula is C14H15N3O3. The molecule has 0 saturated heterocycles. The quantitative estimate of drug-likeness (QED) is 0.681. The summed E-state index contributed by atoms with van der Waals surface area (Å²) in [5.41, 5.74) is 2.36. The van der Waals surface area contributed by atoms with Crippen molar-refractivity contribution in [2.75, 3.05) is 11.9 Å². The number of ether oxygens (including phenoxy) is 1. The second-order valence-corrected chi connectivity index (χ2v) is 4.16. The minimum Gasteiger partial charge on any atom is -0.459 e. The molecule has 0 aliphatic carbocycles. The molecule has 1 aromatic heterocycles. The number of anilines is 1. The van der Waals surface area contributed by atoms with Gasteiger partial charge in [0.1, 0.15) is 0 Å². The number of carbonyl (C=O) groups excluding carboxylic acids is 2. The molecule has 1 N–H and O–H groups in total. The number of nitrogens with zero attached hydrogens (tertiary/aromatic N) is 2. The number of benzene rings is 1. The van der Waals surface area contributed by atoms with E-state index < -0.39 is 11.9 Å². The van der Waals surface area contributed by atoms with Gasteiger partial charge in [0.15, 0.2) is 0 Å². The van der Waals surface area contributed by atoms with Crippen LogP contribution in [0.25, 0.3) is 11.1 Å². The number of hydrogen-bond donors (Lipinski definition) is 1. The first-order chi connectivity index (χ1) is 9.60. The van der Waals surface area contributed by atoms with E-state index in [0.29, 0.717) is 5.69 Å². The van der Waals surface area contributed by atoms with E-state index >= 15 is 0 Å². The highest BCUT2D eigenvalue weighted by atomic mass is 16.5. The van der Waals surface area contributed by atoms with Crippen LogP contribution < -0.4 is 5.32 Å². The Morgan fingerprint density at radius 1 is 1.35 bits per heavy atom. The zero-order chi connectivity index (χ0) is 14.5. The van der Waals surface area contributed by atoms with Crippen LogP contribution in [0.4, 0.5) is 5.69 Å². The summed E-state index contributed by atoms with van der Waals surface area (Å²) in [4.78, 5) is 22.8. The number of esters is 1. The van der Waals surface area contributed by atoms with Gasteiger partial charge in [-0.05, 0) is 24.6 Å². The zero-order valence-electron chi connectivity index (χ0n) is 11.3. The van der Waals surface area contributed by atoms with E-state index in [1.807, 2.05) is 19.3 Å². The molecule has 0 spiro atoms. The molecule has 1 aromatic carbocycles. The lowest BCUT2D eigenvalue weighted by atomic mass is 10.1. The predicted molar refractivity (Wildman–Crippen MR) is 73.9 cm³/mol. The Bertz CT molecular complexity index is 634. The van der Waals surface area contributed by atoms with E-state index in [9.17, 15) is 9.59 Å². The van der Waals surface area contributed by atoms with E-state index in [4.69, 9.17) is 0 Å². The molecule has 0 atom stereocenters. The molecule has 0 unspecified atom stereocenters. The molecular weight excluding hydrogens is 258 g/mol. The van der Waals surface area contributed by atoms with Gasteiger partial charge in [-0.15, -0.1) is 0 Å². The highest BCUT2D eigenvalue weighted by Gasteiger charge is 2.14. The van der Waals surface area contributed by atoms with E-state index in [1.54, 1.807) is 36.0 Å². The van der Waals surface area contributed by atoms with Crippen LogP contribution in [-0.2, 0) is 21.4 Å². The van der Waals surface area contributed by atoms with Crippen LogP contribution in [0.15, 0.2) is 36.7 Å². The van der Waals surface area contributed by atoms with Crippen molar-refractivity contribution >= 4 is 17.6 Å². The van der Waals surface area contributed by atoms with Gasteiger partial charge in [0.05, 0.1) is 12.8 Å². The molecule has 1 heterocycles. The highest BCUT2D eigenvalue weighted by Crippen LogP contribution is 2.21. The molecule has 6 nitrogen and oxygen atoms in total. The van der Waals surface area contributed by atoms with Crippen LogP contribution in [0.3, 0.4) is 0 Å². The van der Waals surface area contributed by atoms with Crippen molar-refractivity contribution in [1.29, 1.82) is 0 Å². The number of rotatable bonds is 3. The summed E-state index contributed by atoms with van der Waals surface area (Å²) >= 11 is 0. The Kier molecular flexibility index (Phi) is 4.14. The smallest absolute Gasteiger partial charge is 0.397 e. The van der Waals surface area contributed by atoms with Crippen LogP contribution in [-0.4, -0.2) is 28.3 Å². The van der Waals surface area contributed by atoms with Crippen molar-refractivity contribution in [1.82, 2.24) is 9.78 Å². The van der Waals surface area contributed by atoms with Crippen LogP contribution in [0, 0.1) is 0 Å². The third kappa shape index (κ3) is 3.23. The maximum atomic E-state index is 11.6. The van der Waals surface area contributed by atoms with Crippen molar-refractivity contribution in [3.63, 3.8) is 0 Å². The van der Waals surface area contributed by atoms with Gasteiger partial charge in [0.25, 0.3) is 0 Å². The molecule has 20 heavy (non-hydrogen) atoms. The van der Waals surface area contributed by atoms with Crippen molar-refractivity contribution in [3.05, 3.63) is 36.7 Å². The van der Waals surface area contributed by atoms with Crippen LogP contribution in [0.2, 0.25) is 0 Å². The average molecular weight is 273 g/mol. The van der Waals surface area contributed by atoms with E-state index in [2.05, 4.69) is 15.2 Å². The van der Waals surface area contributed by atoms with Gasteiger partial charge in [-0.3, -0.25) is 9.48 Å². The Balaban J connectivity index is 2.14. The van der Waals surface area contributed by atoms with E-state index in [-0.39, 0.29) is 6.61 Å². The second-order valence-electron chi connectivity index (χ2n) is 4.16. The van der Waals surface area contributed by atoms with Gasteiger partial charge in [0, 0.05) is 24.5 Å². The van der Waals surface area contributed by atoms with Gasteiger partial charge < -0.3 is 10.1 Å². The summed E-state index contributed by atoms with van der Waals surface area (Å²) in [5, 5.41) is 6.59. The molecule has 6 heteroatoms. The molecule has 0 aliphatic heterocycles. The fraction of sp³-hybridized carbons (Fsp3) is 0.214. The molecule has 0 aliphatic rings. The Hall–Kier alpha value is -2.63. The molecule has 0 saturated carbocycles. The lowest BCUT2D eigenvalue weighted by molar-refractivity contribution is -0.152. The summed E-state index contributed by atoms with van der Waals surface area (Å²) in [5.74, 6) is -1.67. The third-order valence-electron chi connectivity index (χ3n) is 2.62. The third-order valence-corrected chi connectivity index (χ3v) is 2.62. The first kappa shape index (κ1) is 13.8. The summed E-state index contributed by atoms with van der Waals surface area (Å²) in [6.07, 6.45) is 3.60. The number of aromatic nitrogens is 2. The summed E-state index contributed by atoms with van der Waals surface area (Å²) in [6.45, 7) is 1.82. The number of hydrogen-bond acceptors (Lipinski definition) is 4. The largest absolute Gasteiger partial charge is 0.459 e. The Morgan fingerprint density at radius 3 is 2.80 bits per heavy atom. The van der Waals surface area contributed by atoms with E-state index in [1.165, 1.54) is 0 Å². The molecule has 2 rings (SSSR count). The second kappa shape index (κ2) is 6.01. The molecule has 0 bridgehead atoms. The number of amides is 1. The monoisotopic (exact) mass is 273 g/mol. The van der Waals surface area contributed by atoms with Crippen molar-refractivity contribution in [2.24, 2.45) is 7.05 Å². The van der Waals surface area contributed by atoms with Gasteiger partial charge in [-0.2, -0.15) is 5.10 Å². The fourth-order valence-corrected chi connectivity index (χ4v) is 1.73. The van der Waals surface area contributed by atoms with Crippen LogP contribution >= 0.6 is 0 Å². The molecule has 104 valence electrons. The van der Waals surface area contributed by atoms with Crippen LogP contribution in [0.1, 0.15) is 6.92 Å². The average Bonchev–Trinajstić information content (AvgIpc) is 2.86. The SMILES string of the molecule is CCOC(=O)C(=O)Nc1cccc(-c2cnn(C)c2)c1. The molecule has 1 amide bonds. The molecule has 0 radical (unpaired) electrons. The summed E-state index contributed by atoms with van der Waals surface area (Å²) < 4.78 is 6.32.